The van der Waals surface area contributed by atoms with E-state index in [1.807, 2.05) is 6.92 Å². The minimum absolute atomic E-state index is 0.0531. The van der Waals surface area contributed by atoms with Crippen LogP contribution in [0.1, 0.15) is 47.9 Å². The van der Waals surface area contributed by atoms with Crippen molar-refractivity contribution in [3.8, 4) is 0 Å². The molecule has 0 unspecified atom stereocenters. The lowest BCUT2D eigenvalue weighted by atomic mass is 9.95. The number of nitrogens with zero attached hydrogens (tertiary/aromatic N) is 2. The van der Waals surface area contributed by atoms with Crippen molar-refractivity contribution in [1.82, 2.24) is 20.4 Å². The fourth-order valence-corrected chi connectivity index (χ4v) is 2.98. The first kappa shape index (κ1) is 15.0. The van der Waals surface area contributed by atoms with Crippen LogP contribution in [0.5, 0.6) is 0 Å². The summed E-state index contributed by atoms with van der Waals surface area (Å²) in [6.45, 7) is 7.10. The Morgan fingerprint density at radius 2 is 2.35 bits per heavy atom. The number of piperidine rings is 1. The normalized spacial score (nSPS) is 20.1. The largest absolute Gasteiger partial charge is 0.351 e. The van der Waals surface area contributed by atoms with Crippen LogP contribution >= 0.6 is 0 Å². The topological polar surface area (TPSA) is 61.0 Å². The van der Waals surface area contributed by atoms with Crippen LogP contribution in [0.2, 0.25) is 0 Å². The summed E-state index contributed by atoms with van der Waals surface area (Å²) in [5.74, 6) is 0.656. The summed E-state index contributed by atoms with van der Waals surface area (Å²) in [4.78, 5) is 14.5. The molecule has 2 heterocycles. The summed E-state index contributed by atoms with van der Waals surface area (Å²) in [5.41, 5.74) is 2.56. The molecular weight excluding hydrogens is 252 g/mol. The fourth-order valence-electron chi connectivity index (χ4n) is 2.98. The number of hydrogen-bond acceptors (Lipinski definition) is 3. The van der Waals surface area contributed by atoms with Crippen LogP contribution in [0, 0.1) is 12.8 Å². The lowest BCUT2D eigenvalue weighted by molar-refractivity contribution is 0.0942. The first-order chi connectivity index (χ1) is 9.61. The van der Waals surface area contributed by atoms with Crippen molar-refractivity contribution in [1.29, 1.82) is 0 Å². The van der Waals surface area contributed by atoms with Crippen LogP contribution in [-0.2, 0) is 6.42 Å². The predicted octanol–water partition coefficient (Wildman–Crippen LogP) is 1.74. The Morgan fingerprint density at radius 1 is 1.55 bits per heavy atom. The molecule has 5 heteroatoms. The van der Waals surface area contributed by atoms with E-state index in [-0.39, 0.29) is 5.91 Å². The molecule has 1 saturated heterocycles. The Balaban J connectivity index is 1.78. The molecule has 1 aliphatic heterocycles. The second kappa shape index (κ2) is 6.88. The number of hydrogen-bond donors (Lipinski definition) is 2. The van der Waals surface area contributed by atoms with E-state index in [2.05, 4.69) is 34.4 Å². The molecule has 1 aliphatic rings. The molecule has 1 fully saturated rings. The van der Waals surface area contributed by atoms with Gasteiger partial charge in [-0.3, -0.25) is 9.89 Å². The number of aromatic nitrogens is 2. The molecular formula is C15H26N4O. The van der Waals surface area contributed by atoms with Crippen molar-refractivity contribution in [2.45, 2.75) is 39.5 Å². The fraction of sp³-hybridized carbons (Fsp3) is 0.733. The Hall–Kier alpha value is -1.36. The third kappa shape index (κ3) is 3.60. The molecule has 0 radical (unpaired) electrons. The first-order valence-electron chi connectivity index (χ1n) is 7.62. The second-order valence-electron chi connectivity index (χ2n) is 5.84. The quantitative estimate of drug-likeness (QED) is 0.862. The van der Waals surface area contributed by atoms with E-state index >= 15 is 0 Å². The van der Waals surface area contributed by atoms with Gasteiger partial charge < -0.3 is 10.2 Å². The molecule has 5 nitrogen and oxygen atoms in total. The van der Waals surface area contributed by atoms with Gasteiger partial charge in [-0.15, -0.1) is 0 Å². The summed E-state index contributed by atoms with van der Waals surface area (Å²) in [7, 11) is 2.17. The number of aromatic amines is 1. The zero-order valence-electron chi connectivity index (χ0n) is 12.8. The van der Waals surface area contributed by atoms with E-state index in [0.29, 0.717) is 11.6 Å². The molecule has 2 rings (SSSR count). The Morgan fingerprint density at radius 3 is 3.00 bits per heavy atom. The minimum atomic E-state index is -0.0531. The molecule has 1 amide bonds. The Labute approximate surface area is 121 Å². The number of carbonyl (C=O) groups excluding carboxylic acids is 1. The van der Waals surface area contributed by atoms with Gasteiger partial charge in [-0.1, -0.05) is 6.92 Å². The summed E-state index contributed by atoms with van der Waals surface area (Å²) in [6, 6.07) is 0. The smallest absolute Gasteiger partial charge is 0.272 e. The van der Waals surface area contributed by atoms with Crippen molar-refractivity contribution in [2.24, 2.45) is 5.92 Å². The van der Waals surface area contributed by atoms with Gasteiger partial charge in [0.15, 0.2) is 5.69 Å². The number of rotatable bonds is 5. The van der Waals surface area contributed by atoms with E-state index in [1.54, 1.807) is 0 Å². The Kier molecular flexibility index (Phi) is 5.17. The number of nitrogens with one attached hydrogen (secondary N) is 2. The maximum absolute atomic E-state index is 12.1. The maximum Gasteiger partial charge on any atom is 0.272 e. The van der Waals surface area contributed by atoms with Crippen LogP contribution in [0.25, 0.3) is 0 Å². The lowest BCUT2D eigenvalue weighted by Gasteiger charge is -2.29. The number of amides is 1. The van der Waals surface area contributed by atoms with Gasteiger partial charge in [0, 0.05) is 24.3 Å². The zero-order valence-corrected chi connectivity index (χ0v) is 12.8. The minimum Gasteiger partial charge on any atom is -0.351 e. The van der Waals surface area contributed by atoms with Gasteiger partial charge in [-0.05, 0) is 52.1 Å². The molecule has 2 N–H and O–H groups in total. The lowest BCUT2D eigenvalue weighted by Crippen LogP contribution is -2.34. The standard InChI is InChI=1S/C15H26N4O/c1-4-13-11(2)14(18-17-13)15(20)16-8-7-12-6-5-9-19(3)10-12/h12H,4-10H2,1-3H3,(H,16,20)(H,17,18)/t12-/m0/s1. The van der Waals surface area contributed by atoms with E-state index in [4.69, 9.17) is 0 Å². The predicted molar refractivity (Wildman–Crippen MR) is 79.9 cm³/mol. The first-order valence-corrected chi connectivity index (χ1v) is 7.62. The van der Waals surface area contributed by atoms with Crippen molar-refractivity contribution < 1.29 is 4.79 Å². The van der Waals surface area contributed by atoms with E-state index in [9.17, 15) is 4.79 Å². The molecule has 0 aliphatic carbocycles. The highest BCUT2D eigenvalue weighted by atomic mass is 16.1. The van der Waals surface area contributed by atoms with Crippen molar-refractivity contribution in [2.75, 3.05) is 26.7 Å². The van der Waals surface area contributed by atoms with Gasteiger partial charge in [0.1, 0.15) is 0 Å². The zero-order chi connectivity index (χ0) is 14.5. The maximum atomic E-state index is 12.1. The van der Waals surface area contributed by atoms with Crippen molar-refractivity contribution in [3.05, 3.63) is 17.0 Å². The molecule has 0 spiro atoms. The van der Waals surface area contributed by atoms with Gasteiger partial charge in [0.05, 0.1) is 0 Å². The summed E-state index contributed by atoms with van der Waals surface area (Å²) in [5, 5.41) is 10.1. The highest BCUT2D eigenvalue weighted by Gasteiger charge is 2.18. The SMILES string of the molecule is CCc1[nH]nc(C(=O)NCC[C@@H]2CCCN(C)C2)c1C. The molecule has 1 atom stereocenters. The average molecular weight is 278 g/mol. The van der Waals surface area contributed by atoms with Crippen LogP contribution in [-0.4, -0.2) is 47.7 Å². The van der Waals surface area contributed by atoms with Crippen LogP contribution < -0.4 is 5.32 Å². The van der Waals surface area contributed by atoms with Gasteiger partial charge in [0.2, 0.25) is 0 Å². The highest BCUT2D eigenvalue weighted by Crippen LogP contribution is 2.17. The third-order valence-corrected chi connectivity index (χ3v) is 4.24. The van der Waals surface area contributed by atoms with Gasteiger partial charge in [-0.2, -0.15) is 5.10 Å². The monoisotopic (exact) mass is 278 g/mol. The molecule has 0 saturated carbocycles. The molecule has 1 aromatic rings. The van der Waals surface area contributed by atoms with Crippen LogP contribution in [0.4, 0.5) is 0 Å². The molecule has 1 aromatic heterocycles. The number of aryl methyl sites for hydroxylation is 1. The van der Waals surface area contributed by atoms with E-state index in [0.717, 1.165) is 37.2 Å². The number of likely N-dealkylation sites (tertiary alicyclic amines) is 1. The van der Waals surface area contributed by atoms with Gasteiger partial charge in [-0.25, -0.2) is 0 Å². The van der Waals surface area contributed by atoms with E-state index < -0.39 is 0 Å². The molecule has 20 heavy (non-hydrogen) atoms. The van der Waals surface area contributed by atoms with E-state index in [1.165, 1.54) is 19.4 Å². The number of H-pyrrole nitrogens is 1. The Bertz CT molecular complexity index is 455. The molecule has 0 bridgehead atoms. The number of carbonyl (C=O) groups is 1. The van der Waals surface area contributed by atoms with Crippen molar-refractivity contribution >= 4 is 5.91 Å². The second-order valence-corrected chi connectivity index (χ2v) is 5.84. The van der Waals surface area contributed by atoms with Gasteiger partial charge >= 0.3 is 0 Å². The van der Waals surface area contributed by atoms with Crippen molar-refractivity contribution in [3.63, 3.8) is 0 Å². The summed E-state index contributed by atoms with van der Waals surface area (Å²) in [6.07, 6.45) is 4.48. The summed E-state index contributed by atoms with van der Waals surface area (Å²) < 4.78 is 0. The van der Waals surface area contributed by atoms with Gasteiger partial charge in [0.25, 0.3) is 5.91 Å². The van der Waals surface area contributed by atoms with Crippen LogP contribution in [0.15, 0.2) is 0 Å². The molecule has 0 aromatic carbocycles. The molecule has 112 valence electrons. The average Bonchev–Trinajstić information content (AvgIpc) is 2.80. The third-order valence-electron chi connectivity index (χ3n) is 4.24. The summed E-state index contributed by atoms with van der Waals surface area (Å²) >= 11 is 0. The highest BCUT2D eigenvalue weighted by molar-refractivity contribution is 5.93. The van der Waals surface area contributed by atoms with Crippen LogP contribution in [0.3, 0.4) is 0 Å².